The smallest absolute Gasteiger partial charge is 0.294 e. The van der Waals surface area contributed by atoms with E-state index in [2.05, 4.69) is 23.1 Å². The van der Waals surface area contributed by atoms with Crippen molar-refractivity contribution >= 4 is 23.7 Å². The molecule has 7 heteroatoms. The van der Waals surface area contributed by atoms with Gasteiger partial charge >= 0.3 is 0 Å². The highest BCUT2D eigenvalue weighted by molar-refractivity contribution is 7.13. The third-order valence-corrected chi connectivity index (χ3v) is 3.00. The predicted octanol–water partition coefficient (Wildman–Crippen LogP) is -0.0271. The molecule has 0 atom stereocenters. The van der Waals surface area contributed by atoms with Gasteiger partial charge < -0.3 is 5.73 Å². The predicted molar refractivity (Wildman–Crippen MR) is 62.8 cm³/mol. The number of hydrogen-bond acceptors (Lipinski definition) is 5. The number of thiazole rings is 1. The largest absolute Gasteiger partial charge is 0.372 e. The summed E-state index contributed by atoms with van der Waals surface area (Å²) in [5, 5.41) is 0.455. The second-order valence-electron chi connectivity index (χ2n) is 2.71. The minimum absolute atomic E-state index is 0.250. The maximum absolute atomic E-state index is 11.1. The van der Waals surface area contributed by atoms with Gasteiger partial charge in [-0.05, 0) is 12.8 Å². The first-order valence-corrected chi connectivity index (χ1v) is 5.61. The quantitative estimate of drug-likeness (QED) is 0.300. The van der Waals surface area contributed by atoms with Crippen LogP contribution in [0, 0.1) is 0 Å². The number of aromatic nitrogens is 1. The van der Waals surface area contributed by atoms with E-state index < -0.39 is 0 Å². The Kier molecular flexibility index (Phi) is 7.06. The second-order valence-corrected chi connectivity index (χ2v) is 3.79. The summed E-state index contributed by atoms with van der Waals surface area (Å²) in [6.45, 7) is 4.08. The summed E-state index contributed by atoms with van der Waals surface area (Å²) >= 11 is 1.41. The van der Waals surface area contributed by atoms with E-state index in [0.29, 0.717) is 5.01 Å². The maximum atomic E-state index is 11.1. The van der Waals surface area contributed by atoms with Crippen molar-refractivity contribution < 1.29 is 9.59 Å². The van der Waals surface area contributed by atoms with Crippen LogP contribution >= 0.6 is 11.3 Å². The van der Waals surface area contributed by atoms with E-state index in [1.807, 2.05) is 6.92 Å². The molecule has 16 heavy (non-hydrogen) atoms. The maximum Gasteiger partial charge on any atom is 0.294 e. The molecule has 0 aliphatic rings. The van der Waals surface area contributed by atoms with Gasteiger partial charge in [0, 0.05) is 4.88 Å². The van der Waals surface area contributed by atoms with Crippen molar-refractivity contribution in [1.29, 1.82) is 0 Å². The van der Waals surface area contributed by atoms with Crippen molar-refractivity contribution in [2.24, 2.45) is 11.6 Å². The van der Waals surface area contributed by atoms with E-state index in [9.17, 15) is 4.79 Å². The Morgan fingerprint density at radius 2 is 2.06 bits per heavy atom. The number of primary amides is 1. The number of amides is 2. The zero-order valence-corrected chi connectivity index (χ0v) is 10.1. The van der Waals surface area contributed by atoms with Crippen LogP contribution in [-0.2, 0) is 17.6 Å². The minimum atomic E-state index is -0.306. The lowest BCUT2D eigenvalue weighted by Crippen LogP contribution is -2.29. The van der Waals surface area contributed by atoms with Crippen molar-refractivity contribution in [2.75, 3.05) is 0 Å². The number of hydrogen-bond donors (Lipinski definition) is 3. The van der Waals surface area contributed by atoms with Crippen LogP contribution < -0.4 is 17.0 Å². The van der Waals surface area contributed by atoms with Gasteiger partial charge in [-0.3, -0.25) is 15.0 Å². The first-order chi connectivity index (χ1) is 7.64. The fourth-order valence-corrected chi connectivity index (χ4v) is 2.09. The molecule has 1 aromatic rings. The molecule has 1 aromatic heterocycles. The number of nitrogen functional groups attached to an aromatic ring is 1. The molecule has 6 nitrogen and oxygen atoms in total. The summed E-state index contributed by atoms with van der Waals surface area (Å²) in [5.74, 6) is 4.71. The molecular weight excluding hydrogens is 228 g/mol. The number of hydrazine groups is 1. The van der Waals surface area contributed by atoms with Gasteiger partial charge in [0.25, 0.3) is 5.91 Å². The van der Waals surface area contributed by atoms with Crippen LogP contribution in [0.15, 0.2) is 0 Å². The fourth-order valence-electron chi connectivity index (χ4n) is 1.09. The Morgan fingerprint density at radius 3 is 2.38 bits per heavy atom. The molecule has 0 aliphatic heterocycles. The molecule has 1 rings (SSSR count). The standard InChI is InChI=1S/C8H13N3OS.CH3NO/c1-3-5-6(4-2)13-8(10-5)7(12)11-9;2-1-3/h3-4,9H2,1-2H3,(H,11,12);1H,(H2,2,3). The molecule has 1 heterocycles. The highest BCUT2D eigenvalue weighted by atomic mass is 32.1. The van der Waals surface area contributed by atoms with Gasteiger partial charge in [0.1, 0.15) is 0 Å². The number of aryl methyl sites for hydroxylation is 2. The number of nitrogens with zero attached hydrogens (tertiary/aromatic N) is 1. The van der Waals surface area contributed by atoms with Crippen molar-refractivity contribution in [3.63, 3.8) is 0 Å². The molecule has 2 amide bonds. The summed E-state index contributed by atoms with van der Waals surface area (Å²) in [7, 11) is 0. The lowest BCUT2D eigenvalue weighted by atomic mass is 10.2. The average molecular weight is 244 g/mol. The molecule has 0 aromatic carbocycles. The summed E-state index contributed by atoms with van der Waals surface area (Å²) in [6, 6.07) is 0. The highest BCUT2D eigenvalue weighted by Crippen LogP contribution is 2.19. The number of carbonyl (C=O) groups is 2. The Bertz CT molecular complexity index is 330. The highest BCUT2D eigenvalue weighted by Gasteiger charge is 2.13. The van der Waals surface area contributed by atoms with Gasteiger partial charge in [-0.15, -0.1) is 11.3 Å². The number of carbonyl (C=O) groups excluding carboxylic acids is 2. The third-order valence-electron chi connectivity index (χ3n) is 1.76. The lowest BCUT2D eigenvalue weighted by molar-refractivity contribution is -0.106. The molecule has 0 aliphatic carbocycles. The van der Waals surface area contributed by atoms with Crippen LogP contribution in [0.4, 0.5) is 0 Å². The van der Waals surface area contributed by atoms with E-state index >= 15 is 0 Å². The van der Waals surface area contributed by atoms with Crippen LogP contribution in [-0.4, -0.2) is 17.3 Å². The molecule has 90 valence electrons. The molecule has 0 spiro atoms. The van der Waals surface area contributed by atoms with Gasteiger partial charge in [-0.2, -0.15) is 0 Å². The molecule has 0 bridgehead atoms. The summed E-state index contributed by atoms with van der Waals surface area (Å²) < 4.78 is 0. The average Bonchev–Trinajstić information content (AvgIpc) is 2.72. The molecule has 0 fully saturated rings. The summed E-state index contributed by atoms with van der Waals surface area (Å²) in [6.07, 6.45) is 2.02. The van der Waals surface area contributed by atoms with Gasteiger partial charge in [-0.1, -0.05) is 13.8 Å². The van der Waals surface area contributed by atoms with Crippen LogP contribution in [0.2, 0.25) is 0 Å². The molecule has 0 saturated carbocycles. The SMILES string of the molecule is CCc1nc(C(=O)NN)sc1CC.NC=O. The number of rotatable bonds is 3. The molecule has 0 unspecified atom stereocenters. The topological polar surface area (TPSA) is 111 Å². The van der Waals surface area contributed by atoms with Crippen molar-refractivity contribution in [3.05, 3.63) is 15.6 Å². The van der Waals surface area contributed by atoms with E-state index in [-0.39, 0.29) is 12.3 Å². The zero-order valence-electron chi connectivity index (χ0n) is 9.32. The van der Waals surface area contributed by atoms with Crippen LogP contribution in [0.3, 0.4) is 0 Å². The second kappa shape index (κ2) is 7.77. The minimum Gasteiger partial charge on any atom is -0.372 e. The van der Waals surface area contributed by atoms with Crippen molar-refractivity contribution in [1.82, 2.24) is 10.4 Å². The Labute approximate surface area is 98.0 Å². The first kappa shape index (κ1) is 14.5. The summed E-state index contributed by atoms with van der Waals surface area (Å²) in [4.78, 5) is 25.1. The van der Waals surface area contributed by atoms with Gasteiger partial charge in [-0.25, -0.2) is 10.8 Å². The number of nitrogens with two attached hydrogens (primary N) is 2. The van der Waals surface area contributed by atoms with Crippen molar-refractivity contribution in [2.45, 2.75) is 26.7 Å². The Balaban J connectivity index is 0.000000673. The molecule has 0 saturated heterocycles. The fraction of sp³-hybridized carbons (Fsp3) is 0.444. The zero-order chi connectivity index (χ0) is 12.6. The first-order valence-electron chi connectivity index (χ1n) is 4.79. The normalized spacial score (nSPS) is 8.94. The van der Waals surface area contributed by atoms with E-state index in [4.69, 9.17) is 10.6 Å². The van der Waals surface area contributed by atoms with E-state index in [0.717, 1.165) is 18.5 Å². The molecule has 5 N–H and O–H groups in total. The van der Waals surface area contributed by atoms with E-state index in [1.165, 1.54) is 16.2 Å². The lowest BCUT2D eigenvalue weighted by Gasteiger charge is -1.91. The van der Waals surface area contributed by atoms with Crippen LogP contribution in [0.1, 0.15) is 34.2 Å². The monoisotopic (exact) mass is 244 g/mol. The Hall–Kier alpha value is -1.47. The van der Waals surface area contributed by atoms with Crippen LogP contribution in [0.25, 0.3) is 0 Å². The van der Waals surface area contributed by atoms with Gasteiger partial charge in [0.2, 0.25) is 6.41 Å². The van der Waals surface area contributed by atoms with Gasteiger partial charge in [0.15, 0.2) is 5.01 Å². The Morgan fingerprint density at radius 1 is 1.50 bits per heavy atom. The van der Waals surface area contributed by atoms with Crippen molar-refractivity contribution in [3.8, 4) is 0 Å². The molecule has 0 radical (unpaired) electrons. The van der Waals surface area contributed by atoms with Crippen LogP contribution in [0.5, 0.6) is 0 Å². The molecular formula is C9H16N4O2S. The summed E-state index contributed by atoms with van der Waals surface area (Å²) in [5.41, 5.74) is 7.25. The third kappa shape index (κ3) is 3.95. The van der Waals surface area contributed by atoms with E-state index in [1.54, 1.807) is 0 Å². The van der Waals surface area contributed by atoms with Gasteiger partial charge in [0.05, 0.1) is 5.69 Å². The number of nitrogens with one attached hydrogen (secondary N) is 1.